The maximum absolute atomic E-state index is 12.6. The van der Waals surface area contributed by atoms with Gasteiger partial charge < -0.3 is 26.0 Å². The summed E-state index contributed by atoms with van der Waals surface area (Å²) < 4.78 is 0.908. The summed E-state index contributed by atoms with van der Waals surface area (Å²) in [7, 11) is 0. The van der Waals surface area contributed by atoms with E-state index in [4.69, 9.17) is 5.73 Å². The largest absolute Gasteiger partial charge is 0.392 e. The molecule has 0 amide bonds. The second-order valence-electron chi connectivity index (χ2n) is 7.87. The highest BCUT2D eigenvalue weighted by Crippen LogP contribution is 2.27. The highest BCUT2D eigenvalue weighted by atomic mass is 127. The molecule has 0 saturated heterocycles. The average Bonchev–Trinajstić information content (AvgIpc) is 2.81. The van der Waals surface area contributed by atoms with Crippen molar-refractivity contribution in [3.63, 3.8) is 0 Å². The van der Waals surface area contributed by atoms with E-state index < -0.39 is 6.10 Å². The Hall–Kier alpha value is -3.32. The van der Waals surface area contributed by atoms with Gasteiger partial charge >= 0.3 is 0 Å². The highest BCUT2D eigenvalue weighted by molar-refractivity contribution is 14.1. The minimum atomic E-state index is -0.465. The summed E-state index contributed by atoms with van der Waals surface area (Å²) in [6.07, 6.45) is 4.38. The molecule has 34 heavy (non-hydrogen) atoms. The van der Waals surface area contributed by atoms with Gasteiger partial charge in [0.25, 0.3) is 5.56 Å². The molecule has 0 saturated carbocycles. The second kappa shape index (κ2) is 10.3. The van der Waals surface area contributed by atoms with E-state index in [2.05, 4.69) is 52.8 Å². The molecule has 0 fully saturated rings. The molecule has 0 aliphatic heterocycles. The molecule has 4 rings (SSSR count). The molecule has 0 aliphatic rings. The van der Waals surface area contributed by atoms with Gasteiger partial charge in [-0.15, -0.1) is 0 Å². The zero-order valence-electron chi connectivity index (χ0n) is 18.8. The molecule has 11 heteroatoms. The van der Waals surface area contributed by atoms with Crippen molar-refractivity contribution in [2.24, 2.45) is 0 Å². The van der Waals surface area contributed by atoms with Crippen LogP contribution in [-0.2, 0) is 0 Å². The number of rotatable bonds is 8. The molecule has 0 radical (unpaired) electrons. The van der Waals surface area contributed by atoms with Crippen LogP contribution in [0.5, 0.6) is 0 Å². The number of anilines is 4. The van der Waals surface area contributed by atoms with Gasteiger partial charge in [0.1, 0.15) is 23.1 Å². The lowest BCUT2D eigenvalue weighted by Gasteiger charge is -2.24. The van der Waals surface area contributed by atoms with Crippen molar-refractivity contribution in [1.82, 2.24) is 24.9 Å². The molecular weight excluding hydrogens is 547 g/mol. The first-order valence-electron chi connectivity index (χ1n) is 10.7. The van der Waals surface area contributed by atoms with Gasteiger partial charge in [-0.25, -0.2) is 19.9 Å². The molecule has 4 heterocycles. The smallest absolute Gasteiger partial charge is 0.259 e. The van der Waals surface area contributed by atoms with E-state index in [1.54, 1.807) is 38.5 Å². The van der Waals surface area contributed by atoms with Gasteiger partial charge in [0.2, 0.25) is 0 Å². The van der Waals surface area contributed by atoms with Gasteiger partial charge in [-0.1, -0.05) is 22.6 Å². The molecule has 1 atom stereocenters. The molecule has 4 aromatic rings. The number of halogens is 1. The van der Waals surface area contributed by atoms with Crippen LogP contribution in [0.3, 0.4) is 0 Å². The molecule has 0 aliphatic carbocycles. The number of fused-ring (bicyclic) bond motifs is 1. The predicted octanol–water partition coefficient (Wildman–Crippen LogP) is 3.03. The van der Waals surface area contributed by atoms with Crippen LogP contribution in [0.1, 0.15) is 12.6 Å². The van der Waals surface area contributed by atoms with E-state index in [1.807, 2.05) is 23.1 Å². The summed E-state index contributed by atoms with van der Waals surface area (Å²) in [5.41, 5.74) is 7.95. The van der Waals surface area contributed by atoms with Gasteiger partial charge in [-0.05, 0) is 43.5 Å². The summed E-state index contributed by atoms with van der Waals surface area (Å²) in [4.78, 5) is 35.3. The van der Waals surface area contributed by atoms with Crippen molar-refractivity contribution in [3.05, 3.63) is 58.9 Å². The average molecular weight is 572 g/mol. The summed E-state index contributed by atoms with van der Waals surface area (Å²) in [6, 6.07) is 7.36. The van der Waals surface area contributed by atoms with Crippen molar-refractivity contribution >= 4 is 56.5 Å². The third-order valence-corrected chi connectivity index (χ3v) is 5.66. The quantitative estimate of drug-likeness (QED) is 0.185. The number of nitrogens with two attached hydrogens (primary N) is 1. The van der Waals surface area contributed by atoms with Crippen LogP contribution in [0.4, 0.5) is 23.1 Å². The van der Waals surface area contributed by atoms with Crippen molar-refractivity contribution < 1.29 is 5.11 Å². The standard InChI is InChI=1S/C23H25IN8O2/c1-13(33)12-32(8-6-24)19-4-3-16(10-27-19)30-22-20-15(5-7-26-23(20)34)9-17(31-22)18-11-28-21(25)14(2)29-18/h3-5,7,9-11,13,33H,6,8,12H2,1-2H3,(H2,25,28)(H,26,34)(H,30,31)/t13-/m1/s1. The number of H-pyrrole nitrogens is 1. The Balaban J connectivity index is 1.72. The molecule has 176 valence electrons. The normalized spacial score (nSPS) is 12.0. The summed E-state index contributed by atoms with van der Waals surface area (Å²) >= 11 is 2.30. The van der Waals surface area contributed by atoms with E-state index in [-0.39, 0.29) is 5.56 Å². The van der Waals surface area contributed by atoms with Gasteiger partial charge in [0.15, 0.2) is 0 Å². The summed E-state index contributed by atoms with van der Waals surface area (Å²) in [5, 5.41) is 14.2. The third kappa shape index (κ3) is 5.25. The number of hydrogen-bond acceptors (Lipinski definition) is 9. The molecule has 5 N–H and O–H groups in total. The monoisotopic (exact) mass is 572 g/mol. The Morgan fingerprint density at radius 2 is 2.03 bits per heavy atom. The van der Waals surface area contributed by atoms with E-state index >= 15 is 0 Å². The number of aromatic nitrogens is 5. The van der Waals surface area contributed by atoms with Crippen LogP contribution in [-0.4, -0.2) is 53.6 Å². The van der Waals surface area contributed by atoms with Crippen LogP contribution >= 0.6 is 22.6 Å². The Morgan fingerprint density at radius 3 is 2.71 bits per heavy atom. The lowest BCUT2D eigenvalue weighted by atomic mass is 10.1. The minimum absolute atomic E-state index is 0.256. The Kier molecular flexibility index (Phi) is 7.22. The number of nitrogens with one attached hydrogen (secondary N) is 2. The maximum Gasteiger partial charge on any atom is 0.259 e. The van der Waals surface area contributed by atoms with Crippen molar-refractivity contribution in [1.29, 1.82) is 0 Å². The molecule has 0 bridgehead atoms. The number of aliphatic hydroxyl groups is 1. The van der Waals surface area contributed by atoms with Crippen LogP contribution in [0.2, 0.25) is 0 Å². The number of hydrogen-bond donors (Lipinski definition) is 4. The fraction of sp³-hybridized carbons (Fsp3) is 0.261. The van der Waals surface area contributed by atoms with E-state index in [9.17, 15) is 9.90 Å². The zero-order chi connectivity index (χ0) is 24.2. The summed E-state index contributed by atoms with van der Waals surface area (Å²) in [5.74, 6) is 1.51. The first-order valence-corrected chi connectivity index (χ1v) is 12.2. The van der Waals surface area contributed by atoms with Crippen molar-refractivity contribution in [2.45, 2.75) is 20.0 Å². The lowest BCUT2D eigenvalue weighted by Crippen LogP contribution is -2.33. The molecule has 0 unspecified atom stereocenters. The first-order chi connectivity index (χ1) is 16.4. The second-order valence-corrected chi connectivity index (χ2v) is 8.95. The zero-order valence-corrected chi connectivity index (χ0v) is 20.9. The van der Waals surface area contributed by atoms with Crippen LogP contribution in [0, 0.1) is 6.92 Å². The highest BCUT2D eigenvalue weighted by Gasteiger charge is 2.14. The number of nitrogen functional groups attached to an aromatic ring is 1. The van der Waals surface area contributed by atoms with Gasteiger partial charge in [0, 0.05) is 23.7 Å². The topological polar surface area (TPSA) is 146 Å². The SMILES string of the molecule is Cc1nc(-c2cc3cc[nH]c(=O)c3c(Nc3ccc(N(CCI)C[C@@H](C)O)nc3)n2)cnc1N. The Bertz CT molecular complexity index is 1360. The van der Waals surface area contributed by atoms with Gasteiger partial charge in [0.05, 0.1) is 41.0 Å². The minimum Gasteiger partial charge on any atom is -0.392 e. The molecule has 10 nitrogen and oxygen atoms in total. The van der Waals surface area contributed by atoms with E-state index in [0.717, 1.165) is 16.8 Å². The maximum atomic E-state index is 12.6. The first kappa shape index (κ1) is 23.8. The third-order valence-electron chi connectivity index (χ3n) is 5.18. The molecule has 0 spiro atoms. The van der Waals surface area contributed by atoms with Crippen molar-refractivity contribution in [2.75, 3.05) is 33.5 Å². The number of aryl methyl sites for hydroxylation is 1. The van der Waals surface area contributed by atoms with Gasteiger partial charge in [-0.3, -0.25) is 4.79 Å². The molecular formula is C23H25IN8O2. The van der Waals surface area contributed by atoms with Crippen LogP contribution in [0.25, 0.3) is 22.2 Å². The fourth-order valence-electron chi connectivity index (χ4n) is 3.55. The number of aromatic amines is 1. The van der Waals surface area contributed by atoms with E-state index in [0.29, 0.717) is 51.7 Å². The molecule has 4 aromatic heterocycles. The Labute approximate surface area is 209 Å². The number of nitrogens with zero attached hydrogens (tertiary/aromatic N) is 5. The number of aliphatic hydroxyl groups excluding tert-OH is 1. The van der Waals surface area contributed by atoms with E-state index in [1.165, 1.54) is 0 Å². The summed E-state index contributed by atoms with van der Waals surface area (Å²) in [6.45, 7) is 4.80. The lowest BCUT2D eigenvalue weighted by molar-refractivity contribution is 0.200. The molecule has 0 aromatic carbocycles. The van der Waals surface area contributed by atoms with Gasteiger partial charge in [-0.2, -0.15) is 0 Å². The van der Waals surface area contributed by atoms with Crippen LogP contribution < -0.4 is 21.5 Å². The Morgan fingerprint density at radius 1 is 1.21 bits per heavy atom. The number of pyridine rings is 3. The number of alkyl halides is 1. The van der Waals surface area contributed by atoms with Crippen LogP contribution in [0.15, 0.2) is 47.7 Å². The predicted molar refractivity (Wildman–Crippen MR) is 143 cm³/mol. The fourth-order valence-corrected chi connectivity index (χ4v) is 4.14. The van der Waals surface area contributed by atoms with Crippen molar-refractivity contribution in [3.8, 4) is 11.4 Å².